The largest absolute Gasteiger partial charge is 0.449 e. The molecule has 0 bridgehead atoms. The van der Waals surface area contributed by atoms with Gasteiger partial charge in [-0.2, -0.15) is 0 Å². The lowest BCUT2D eigenvalue weighted by atomic mass is 10.2. The average Bonchev–Trinajstić information content (AvgIpc) is 3.05. The van der Waals surface area contributed by atoms with Gasteiger partial charge in [-0.3, -0.25) is 10.1 Å². The molecule has 0 aliphatic heterocycles. The number of rotatable bonds is 6. The van der Waals surface area contributed by atoms with Crippen molar-refractivity contribution in [3.05, 3.63) is 46.4 Å². The molecule has 0 fully saturated rings. The van der Waals surface area contributed by atoms with Crippen molar-refractivity contribution < 1.29 is 19.1 Å². The second-order valence-electron chi connectivity index (χ2n) is 4.67. The molecule has 2 aromatic rings. The van der Waals surface area contributed by atoms with E-state index in [1.807, 2.05) is 16.8 Å². The highest BCUT2D eigenvalue weighted by molar-refractivity contribution is 7.98. The van der Waals surface area contributed by atoms with Crippen molar-refractivity contribution in [2.24, 2.45) is 5.73 Å². The summed E-state index contributed by atoms with van der Waals surface area (Å²) in [5, 5.41) is 3.80. The number of benzene rings is 1. The normalized spacial score (nSPS) is 11.5. The molecule has 1 aromatic heterocycles. The van der Waals surface area contributed by atoms with E-state index in [9.17, 15) is 14.4 Å². The van der Waals surface area contributed by atoms with Gasteiger partial charge in [0, 0.05) is 16.0 Å². The number of esters is 1. The number of amides is 3. The van der Waals surface area contributed by atoms with Crippen LogP contribution in [-0.4, -0.2) is 29.0 Å². The van der Waals surface area contributed by atoms with Gasteiger partial charge < -0.3 is 10.5 Å². The van der Waals surface area contributed by atoms with E-state index in [0.717, 1.165) is 10.6 Å². The Bertz CT molecular complexity index is 734. The number of primary amides is 1. The molecular weight excluding hydrogens is 350 g/mol. The smallest absolute Gasteiger partial charge is 0.340 e. The summed E-state index contributed by atoms with van der Waals surface area (Å²) in [4.78, 5) is 39.4. The van der Waals surface area contributed by atoms with Gasteiger partial charge in [0.05, 0.1) is 16.8 Å². The molecule has 24 heavy (non-hydrogen) atoms. The molecule has 3 amide bonds. The molecule has 1 aromatic carbocycles. The number of carbonyl (C=O) groups excluding carboxylic acids is 3. The molecule has 126 valence electrons. The van der Waals surface area contributed by atoms with E-state index in [2.05, 4.69) is 4.98 Å². The third-order valence-corrected chi connectivity index (χ3v) is 4.61. The number of nitrogens with one attached hydrogen (secondary N) is 1. The summed E-state index contributed by atoms with van der Waals surface area (Å²) in [5.41, 5.74) is 7.87. The van der Waals surface area contributed by atoms with Crippen LogP contribution in [-0.2, 0) is 15.3 Å². The zero-order valence-electron chi connectivity index (χ0n) is 12.7. The lowest BCUT2D eigenvalue weighted by Gasteiger charge is -2.13. The quantitative estimate of drug-likeness (QED) is 0.599. The fourth-order valence-electron chi connectivity index (χ4n) is 1.72. The summed E-state index contributed by atoms with van der Waals surface area (Å²) in [6.07, 6.45) is -1.14. The van der Waals surface area contributed by atoms with E-state index in [1.54, 1.807) is 23.7 Å². The second-order valence-corrected chi connectivity index (χ2v) is 6.40. The van der Waals surface area contributed by atoms with Crippen molar-refractivity contribution in [1.82, 2.24) is 10.3 Å². The molecule has 0 aliphatic rings. The van der Waals surface area contributed by atoms with E-state index < -0.39 is 24.0 Å². The molecule has 1 atom stereocenters. The molecule has 0 saturated heterocycles. The maximum absolute atomic E-state index is 12.3. The van der Waals surface area contributed by atoms with Crippen molar-refractivity contribution in [1.29, 1.82) is 0 Å². The first-order valence-electron chi connectivity index (χ1n) is 6.87. The second kappa shape index (κ2) is 8.46. The van der Waals surface area contributed by atoms with Gasteiger partial charge in [-0.05, 0) is 19.1 Å². The zero-order chi connectivity index (χ0) is 17.5. The summed E-state index contributed by atoms with van der Waals surface area (Å²) in [6.45, 7) is 1.36. The molecule has 0 radical (unpaired) electrons. The summed E-state index contributed by atoms with van der Waals surface area (Å²) < 4.78 is 5.09. The van der Waals surface area contributed by atoms with Crippen LogP contribution in [0.1, 0.15) is 23.0 Å². The lowest BCUT2D eigenvalue weighted by Crippen LogP contribution is -2.42. The zero-order valence-corrected chi connectivity index (χ0v) is 14.4. The fourth-order valence-corrected chi connectivity index (χ4v) is 3.33. The van der Waals surface area contributed by atoms with Crippen LogP contribution in [0.4, 0.5) is 4.79 Å². The molecule has 9 heteroatoms. The number of thiazole rings is 1. The number of urea groups is 1. The Morgan fingerprint density at radius 3 is 2.79 bits per heavy atom. The number of carbonyl (C=O) groups is 3. The number of ether oxygens (including phenoxy) is 1. The number of nitrogens with two attached hydrogens (primary N) is 1. The van der Waals surface area contributed by atoms with Crippen molar-refractivity contribution >= 4 is 41.0 Å². The van der Waals surface area contributed by atoms with Gasteiger partial charge in [-0.1, -0.05) is 12.1 Å². The monoisotopic (exact) mass is 365 g/mol. The van der Waals surface area contributed by atoms with Gasteiger partial charge in [-0.15, -0.1) is 23.1 Å². The third-order valence-electron chi connectivity index (χ3n) is 2.87. The fraction of sp³-hybridized carbons (Fsp3) is 0.200. The number of hydrogen-bond donors (Lipinski definition) is 2. The van der Waals surface area contributed by atoms with Crippen LogP contribution in [0.2, 0.25) is 0 Å². The van der Waals surface area contributed by atoms with Crippen LogP contribution in [0.5, 0.6) is 0 Å². The van der Waals surface area contributed by atoms with Gasteiger partial charge in [0.25, 0.3) is 5.91 Å². The van der Waals surface area contributed by atoms with Gasteiger partial charge in [0.15, 0.2) is 6.10 Å². The van der Waals surface area contributed by atoms with Crippen molar-refractivity contribution in [2.45, 2.75) is 23.7 Å². The number of thioether (sulfide) groups is 1. The lowest BCUT2D eigenvalue weighted by molar-refractivity contribution is -0.127. The first kappa shape index (κ1) is 18.0. The van der Waals surface area contributed by atoms with Crippen molar-refractivity contribution in [3.63, 3.8) is 0 Å². The highest BCUT2D eigenvalue weighted by Gasteiger charge is 2.21. The molecule has 0 saturated carbocycles. The van der Waals surface area contributed by atoms with Crippen molar-refractivity contribution in [3.8, 4) is 0 Å². The van der Waals surface area contributed by atoms with E-state index >= 15 is 0 Å². The SMILES string of the molecule is CC(OC(=O)c1ccccc1SCc1cscn1)C(=O)NC(N)=O. The van der Waals surface area contributed by atoms with Gasteiger partial charge in [0.1, 0.15) is 0 Å². The summed E-state index contributed by atoms with van der Waals surface area (Å²) >= 11 is 2.95. The Balaban J connectivity index is 2.03. The van der Waals surface area contributed by atoms with E-state index in [-0.39, 0.29) is 0 Å². The molecule has 1 unspecified atom stereocenters. The maximum atomic E-state index is 12.3. The number of imide groups is 1. The third kappa shape index (κ3) is 5.07. The van der Waals surface area contributed by atoms with Crippen LogP contribution in [0.25, 0.3) is 0 Å². The van der Waals surface area contributed by atoms with Crippen LogP contribution in [0.3, 0.4) is 0 Å². The Labute approximate surface area is 146 Å². The minimum absolute atomic E-state index is 0.344. The molecule has 3 N–H and O–H groups in total. The number of nitrogens with zero attached hydrogens (tertiary/aromatic N) is 1. The predicted octanol–water partition coefficient (Wildman–Crippen LogP) is 2.18. The maximum Gasteiger partial charge on any atom is 0.340 e. The highest BCUT2D eigenvalue weighted by Crippen LogP contribution is 2.27. The summed E-state index contributed by atoms with van der Waals surface area (Å²) in [5.74, 6) is -0.808. The van der Waals surface area contributed by atoms with Crippen molar-refractivity contribution in [2.75, 3.05) is 0 Å². The molecule has 2 rings (SSSR count). The van der Waals surface area contributed by atoms with Crippen LogP contribution >= 0.6 is 23.1 Å². The molecule has 0 aliphatic carbocycles. The van der Waals surface area contributed by atoms with Gasteiger partial charge in [-0.25, -0.2) is 14.6 Å². The van der Waals surface area contributed by atoms with Gasteiger partial charge in [0.2, 0.25) is 0 Å². The Hall–Kier alpha value is -2.39. The predicted molar refractivity (Wildman–Crippen MR) is 90.7 cm³/mol. The minimum atomic E-state index is -1.14. The summed E-state index contributed by atoms with van der Waals surface area (Å²) in [7, 11) is 0. The van der Waals surface area contributed by atoms with E-state index in [4.69, 9.17) is 10.5 Å². The average molecular weight is 365 g/mol. The number of aromatic nitrogens is 1. The Morgan fingerprint density at radius 1 is 1.38 bits per heavy atom. The van der Waals surface area contributed by atoms with Gasteiger partial charge >= 0.3 is 12.0 Å². The molecular formula is C15H15N3O4S2. The van der Waals surface area contributed by atoms with E-state index in [1.165, 1.54) is 30.0 Å². The first-order valence-corrected chi connectivity index (χ1v) is 8.80. The van der Waals surface area contributed by atoms with Crippen LogP contribution < -0.4 is 11.1 Å². The topological polar surface area (TPSA) is 111 Å². The standard InChI is InChI=1S/C15H15N3O4S2/c1-9(13(19)18-15(16)21)22-14(20)11-4-2-3-5-12(11)24-7-10-6-23-8-17-10/h2-6,8-9H,7H2,1H3,(H3,16,18,19,21). The van der Waals surface area contributed by atoms with Crippen LogP contribution in [0.15, 0.2) is 40.1 Å². The Kier molecular flexibility index (Phi) is 6.33. The highest BCUT2D eigenvalue weighted by atomic mass is 32.2. The summed E-state index contributed by atoms with van der Waals surface area (Å²) in [6, 6.07) is 5.93. The van der Waals surface area contributed by atoms with E-state index in [0.29, 0.717) is 11.3 Å². The minimum Gasteiger partial charge on any atom is -0.449 e. The molecule has 7 nitrogen and oxygen atoms in total. The molecule has 0 spiro atoms. The number of hydrogen-bond acceptors (Lipinski definition) is 7. The first-order chi connectivity index (χ1) is 11.5. The molecule has 1 heterocycles. The Morgan fingerprint density at radius 2 is 2.12 bits per heavy atom. The van der Waals surface area contributed by atoms with Crippen LogP contribution in [0, 0.1) is 0 Å².